The summed E-state index contributed by atoms with van der Waals surface area (Å²) < 4.78 is 10.9. The van der Waals surface area contributed by atoms with Crippen LogP contribution in [-0.4, -0.2) is 10.8 Å². The summed E-state index contributed by atoms with van der Waals surface area (Å²) in [6.45, 7) is 3.00. The van der Waals surface area contributed by atoms with Crippen molar-refractivity contribution in [3.63, 3.8) is 0 Å². The second-order valence-corrected chi connectivity index (χ2v) is 5.10. The standard InChI is InChI=1S/C15H10ClN3O3/c1-7(20)13-8(2)21-14(10(13)6-17)19-15-18-11-5-9(16)3-4-12(11)22-15/h3-5H,1-2H3,(H,18,19). The zero-order valence-electron chi connectivity index (χ0n) is 11.7. The highest BCUT2D eigenvalue weighted by atomic mass is 35.5. The number of carbonyl (C=O) groups is 1. The highest BCUT2D eigenvalue weighted by molar-refractivity contribution is 6.31. The normalized spacial score (nSPS) is 10.6. The minimum absolute atomic E-state index is 0.128. The molecule has 0 aliphatic rings. The molecule has 1 aromatic carbocycles. The number of hydrogen-bond acceptors (Lipinski definition) is 6. The van der Waals surface area contributed by atoms with Gasteiger partial charge >= 0.3 is 6.01 Å². The summed E-state index contributed by atoms with van der Waals surface area (Å²) in [6.07, 6.45) is 0. The monoisotopic (exact) mass is 315 g/mol. The molecule has 6 nitrogen and oxygen atoms in total. The number of anilines is 2. The second kappa shape index (κ2) is 5.20. The van der Waals surface area contributed by atoms with Crippen molar-refractivity contribution in [2.45, 2.75) is 13.8 Å². The van der Waals surface area contributed by atoms with Gasteiger partial charge in [-0.2, -0.15) is 10.2 Å². The highest BCUT2D eigenvalue weighted by Crippen LogP contribution is 2.30. The molecule has 0 bridgehead atoms. The summed E-state index contributed by atoms with van der Waals surface area (Å²) in [5, 5.41) is 12.6. The lowest BCUT2D eigenvalue weighted by Gasteiger charge is -1.96. The number of fused-ring (bicyclic) bond motifs is 1. The van der Waals surface area contributed by atoms with E-state index in [1.54, 1.807) is 25.1 Å². The Morgan fingerprint density at radius 2 is 2.18 bits per heavy atom. The van der Waals surface area contributed by atoms with Crippen LogP contribution in [0.15, 0.2) is 27.0 Å². The van der Waals surface area contributed by atoms with E-state index in [4.69, 9.17) is 20.4 Å². The Bertz CT molecular complexity index is 934. The number of carbonyl (C=O) groups excluding carboxylic acids is 1. The van der Waals surface area contributed by atoms with Gasteiger partial charge in [-0.15, -0.1) is 0 Å². The molecule has 3 rings (SSSR count). The maximum Gasteiger partial charge on any atom is 0.302 e. The Labute approximate surface area is 130 Å². The molecule has 0 radical (unpaired) electrons. The van der Waals surface area contributed by atoms with Crippen molar-refractivity contribution >= 4 is 40.4 Å². The third-order valence-corrected chi connectivity index (χ3v) is 3.35. The molecule has 0 aliphatic heterocycles. The fourth-order valence-electron chi connectivity index (χ4n) is 2.21. The number of aryl methyl sites for hydroxylation is 1. The lowest BCUT2D eigenvalue weighted by molar-refractivity contribution is 0.101. The van der Waals surface area contributed by atoms with Gasteiger partial charge < -0.3 is 8.83 Å². The molecule has 2 heterocycles. The topological polar surface area (TPSA) is 92.1 Å². The van der Waals surface area contributed by atoms with Gasteiger partial charge in [0.05, 0.1) is 5.56 Å². The van der Waals surface area contributed by atoms with Gasteiger partial charge in [0.25, 0.3) is 0 Å². The number of ketones is 1. The first kappa shape index (κ1) is 14.2. The molecular formula is C15H10ClN3O3. The van der Waals surface area contributed by atoms with Crippen LogP contribution in [0.5, 0.6) is 0 Å². The minimum Gasteiger partial charge on any atom is -0.443 e. The second-order valence-electron chi connectivity index (χ2n) is 4.66. The molecule has 0 aliphatic carbocycles. The Hall–Kier alpha value is -2.78. The molecule has 0 unspecified atom stereocenters. The van der Waals surface area contributed by atoms with Crippen LogP contribution in [0.2, 0.25) is 5.02 Å². The SMILES string of the molecule is CC(=O)c1c(C)oc(Nc2nc3cc(Cl)ccc3o2)c1C#N. The van der Waals surface area contributed by atoms with Crippen molar-refractivity contribution in [1.82, 2.24) is 4.98 Å². The van der Waals surface area contributed by atoms with Crippen molar-refractivity contribution in [3.8, 4) is 6.07 Å². The summed E-state index contributed by atoms with van der Waals surface area (Å²) in [5.41, 5.74) is 1.50. The molecule has 0 amide bonds. The van der Waals surface area contributed by atoms with Gasteiger partial charge in [-0.1, -0.05) is 11.6 Å². The van der Waals surface area contributed by atoms with Gasteiger partial charge in [0, 0.05) is 5.02 Å². The average Bonchev–Trinajstić information content (AvgIpc) is 2.98. The van der Waals surface area contributed by atoms with Gasteiger partial charge in [0.15, 0.2) is 11.4 Å². The fraction of sp³-hybridized carbons (Fsp3) is 0.133. The zero-order valence-corrected chi connectivity index (χ0v) is 12.5. The number of furan rings is 1. The number of nitrogens with one attached hydrogen (secondary N) is 1. The number of nitrogens with zero attached hydrogens (tertiary/aromatic N) is 2. The summed E-state index contributed by atoms with van der Waals surface area (Å²) in [4.78, 5) is 15.8. The van der Waals surface area contributed by atoms with Crippen LogP contribution in [0.4, 0.5) is 11.9 Å². The molecule has 3 aromatic rings. The zero-order chi connectivity index (χ0) is 15.9. The van der Waals surface area contributed by atoms with Crippen LogP contribution in [0.1, 0.15) is 28.6 Å². The number of oxazole rings is 1. The van der Waals surface area contributed by atoms with E-state index in [-0.39, 0.29) is 28.8 Å². The van der Waals surface area contributed by atoms with Crippen LogP contribution >= 0.6 is 11.6 Å². The molecule has 0 saturated heterocycles. The van der Waals surface area contributed by atoms with E-state index >= 15 is 0 Å². The minimum atomic E-state index is -0.241. The Morgan fingerprint density at radius 1 is 1.41 bits per heavy atom. The largest absolute Gasteiger partial charge is 0.443 e. The van der Waals surface area contributed by atoms with Crippen LogP contribution in [0, 0.1) is 18.3 Å². The molecule has 2 aromatic heterocycles. The predicted molar refractivity (Wildman–Crippen MR) is 80.5 cm³/mol. The van der Waals surface area contributed by atoms with Gasteiger partial charge in [0.2, 0.25) is 5.88 Å². The Morgan fingerprint density at radius 3 is 2.86 bits per heavy atom. The van der Waals surface area contributed by atoms with Gasteiger partial charge in [-0.05, 0) is 32.0 Å². The van der Waals surface area contributed by atoms with Gasteiger partial charge in [0.1, 0.15) is 22.9 Å². The summed E-state index contributed by atoms with van der Waals surface area (Å²) in [5.74, 6) is 0.253. The average molecular weight is 316 g/mol. The molecule has 110 valence electrons. The fourth-order valence-corrected chi connectivity index (χ4v) is 2.38. The maximum absolute atomic E-state index is 11.6. The first-order chi connectivity index (χ1) is 10.5. The molecule has 1 N–H and O–H groups in total. The van der Waals surface area contributed by atoms with Crippen LogP contribution in [0.25, 0.3) is 11.1 Å². The van der Waals surface area contributed by atoms with Crippen LogP contribution in [-0.2, 0) is 0 Å². The third kappa shape index (κ3) is 2.32. The number of benzene rings is 1. The number of halogens is 1. The molecule has 0 spiro atoms. The van der Waals surface area contributed by atoms with Crippen molar-refractivity contribution in [2.24, 2.45) is 0 Å². The highest BCUT2D eigenvalue weighted by Gasteiger charge is 2.22. The van der Waals surface area contributed by atoms with Crippen molar-refractivity contribution < 1.29 is 13.6 Å². The van der Waals surface area contributed by atoms with E-state index in [2.05, 4.69) is 10.3 Å². The van der Waals surface area contributed by atoms with E-state index < -0.39 is 0 Å². The summed E-state index contributed by atoms with van der Waals surface area (Å²) in [7, 11) is 0. The van der Waals surface area contributed by atoms with Gasteiger partial charge in [-0.25, -0.2) is 0 Å². The summed E-state index contributed by atoms with van der Waals surface area (Å²) in [6, 6.07) is 7.15. The first-order valence-electron chi connectivity index (χ1n) is 6.37. The third-order valence-electron chi connectivity index (χ3n) is 3.12. The predicted octanol–water partition coefficient (Wildman–Crippen LogP) is 4.20. The summed E-state index contributed by atoms with van der Waals surface area (Å²) >= 11 is 5.89. The Balaban J connectivity index is 2.03. The maximum atomic E-state index is 11.6. The van der Waals surface area contributed by atoms with E-state index in [1.807, 2.05) is 6.07 Å². The molecule has 7 heteroatoms. The molecule has 0 fully saturated rings. The lowest BCUT2D eigenvalue weighted by atomic mass is 10.1. The number of hydrogen-bond donors (Lipinski definition) is 1. The smallest absolute Gasteiger partial charge is 0.302 e. The van der Waals surface area contributed by atoms with Crippen molar-refractivity contribution in [1.29, 1.82) is 5.26 Å². The number of rotatable bonds is 3. The van der Waals surface area contributed by atoms with Crippen LogP contribution in [0.3, 0.4) is 0 Å². The quantitative estimate of drug-likeness (QED) is 0.728. The van der Waals surface area contributed by atoms with E-state index in [9.17, 15) is 10.1 Å². The molecule has 22 heavy (non-hydrogen) atoms. The number of nitriles is 1. The van der Waals surface area contributed by atoms with E-state index in [1.165, 1.54) is 6.92 Å². The Kier molecular flexibility index (Phi) is 3.35. The number of aromatic nitrogens is 1. The molecule has 0 saturated carbocycles. The molecular weight excluding hydrogens is 306 g/mol. The van der Waals surface area contributed by atoms with Crippen molar-refractivity contribution in [3.05, 3.63) is 40.1 Å². The van der Waals surface area contributed by atoms with Crippen molar-refractivity contribution in [2.75, 3.05) is 5.32 Å². The first-order valence-corrected chi connectivity index (χ1v) is 6.75. The number of Topliss-reactive ketones (excluding diaryl/α,β-unsaturated/α-hetero) is 1. The van der Waals surface area contributed by atoms with Crippen LogP contribution < -0.4 is 5.32 Å². The van der Waals surface area contributed by atoms with E-state index in [0.29, 0.717) is 21.9 Å². The van der Waals surface area contributed by atoms with Gasteiger partial charge in [-0.3, -0.25) is 10.1 Å². The lowest BCUT2D eigenvalue weighted by Crippen LogP contribution is -1.97. The molecule has 0 atom stereocenters. The van der Waals surface area contributed by atoms with E-state index in [0.717, 1.165) is 0 Å².